The number of nitrogens with two attached hydrogens (primary N) is 1. The van der Waals surface area contributed by atoms with Crippen molar-refractivity contribution in [3.63, 3.8) is 0 Å². The van der Waals surface area contributed by atoms with Crippen LogP contribution in [-0.4, -0.2) is 31.7 Å². The fourth-order valence-corrected chi connectivity index (χ4v) is 1.95. The predicted octanol–water partition coefficient (Wildman–Crippen LogP) is 1.05. The molecule has 0 aliphatic carbocycles. The second-order valence-electron chi connectivity index (χ2n) is 4.55. The first-order chi connectivity index (χ1) is 7.74. The van der Waals surface area contributed by atoms with E-state index in [-0.39, 0.29) is 11.8 Å². The van der Waals surface area contributed by atoms with Crippen LogP contribution in [-0.2, 0) is 9.53 Å². The van der Waals surface area contributed by atoms with Gasteiger partial charge in [-0.1, -0.05) is 6.92 Å². The Kier molecular flexibility index (Phi) is 6.42. The molecule has 1 saturated heterocycles. The Morgan fingerprint density at radius 3 is 3.00 bits per heavy atom. The summed E-state index contributed by atoms with van der Waals surface area (Å²) in [7, 11) is 0. The van der Waals surface area contributed by atoms with Crippen molar-refractivity contribution in [3.05, 3.63) is 0 Å². The van der Waals surface area contributed by atoms with Crippen molar-refractivity contribution in [2.45, 2.75) is 45.1 Å². The molecule has 1 aliphatic heterocycles. The molecular formula is C12H24N2O2. The molecular weight excluding hydrogens is 204 g/mol. The van der Waals surface area contributed by atoms with Crippen molar-refractivity contribution < 1.29 is 9.53 Å². The minimum absolute atomic E-state index is 0.0253. The molecule has 2 atom stereocenters. The molecule has 94 valence electrons. The highest BCUT2D eigenvalue weighted by Crippen LogP contribution is 2.14. The van der Waals surface area contributed by atoms with Crippen LogP contribution in [0, 0.1) is 5.92 Å². The zero-order valence-corrected chi connectivity index (χ0v) is 10.2. The number of carbonyl (C=O) groups excluding carboxylic acids is 1. The molecule has 4 heteroatoms. The number of ether oxygens (including phenoxy) is 1. The van der Waals surface area contributed by atoms with Crippen LogP contribution in [0.25, 0.3) is 0 Å². The van der Waals surface area contributed by atoms with Gasteiger partial charge in [-0.15, -0.1) is 0 Å². The average Bonchev–Trinajstić information content (AvgIpc) is 2.30. The summed E-state index contributed by atoms with van der Waals surface area (Å²) < 4.78 is 5.60. The average molecular weight is 228 g/mol. The molecule has 0 saturated carbocycles. The normalized spacial score (nSPS) is 22.8. The second kappa shape index (κ2) is 7.63. The van der Waals surface area contributed by atoms with Gasteiger partial charge in [0, 0.05) is 19.1 Å². The predicted molar refractivity (Wildman–Crippen MR) is 64.1 cm³/mol. The molecule has 0 radical (unpaired) electrons. The first kappa shape index (κ1) is 13.5. The Balaban J connectivity index is 2.07. The van der Waals surface area contributed by atoms with Crippen molar-refractivity contribution in [2.75, 3.05) is 19.7 Å². The Morgan fingerprint density at radius 2 is 2.38 bits per heavy atom. The van der Waals surface area contributed by atoms with Gasteiger partial charge >= 0.3 is 0 Å². The summed E-state index contributed by atoms with van der Waals surface area (Å²) in [5, 5.41) is 2.94. The highest BCUT2D eigenvalue weighted by Gasteiger charge is 2.15. The largest absolute Gasteiger partial charge is 0.378 e. The topological polar surface area (TPSA) is 64.4 Å². The molecule has 2 unspecified atom stereocenters. The summed E-state index contributed by atoms with van der Waals surface area (Å²) in [4.78, 5) is 11.6. The highest BCUT2D eigenvalue weighted by molar-refractivity contribution is 5.78. The lowest BCUT2D eigenvalue weighted by atomic mass is 10.1. The molecule has 16 heavy (non-hydrogen) atoms. The molecule has 4 nitrogen and oxygen atoms in total. The molecule has 0 bridgehead atoms. The maximum absolute atomic E-state index is 11.6. The summed E-state index contributed by atoms with van der Waals surface area (Å²) in [6, 6.07) is 0. The molecule has 1 aliphatic rings. The van der Waals surface area contributed by atoms with E-state index in [2.05, 4.69) is 5.32 Å². The van der Waals surface area contributed by atoms with Crippen molar-refractivity contribution in [3.8, 4) is 0 Å². The maximum Gasteiger partial charge on any atom is 0.222 e. The van der Waals surface area contributed by atoms with Crippen LogP contribution < -0.4 is 11.1 Å². The smallest absolute Gasteiger partial charge is 0.222 e. The summed E-state index contributed by atoms with van der Waals surface area (Å²) >= 11 is 0. The van der Waals surface area contributed by atoms with Gasteiger partial charge in [0.25, 0.3) is 0 Å². The molecule has 0 aromatic heterocycles. The van der Waals surface area contributed by atoms with E-state index in [1.54, 1.807) is 0 Å². The number of rotatable bonds is 6. The molecule has 0 aromatic rings. The first-order valence-electron chi connectivity index (χ1n) is 6.33. The van der Waals surface area contributed by atoms with Gasteiger partial charge < -0.3 is 15.8 Å². The van der Waals surface area contributed by atoms with Crippen molar-refractivity contribution >= 4 is 5.91 Å². The van der Waals surface area contributed by atoms with Crippen molar-refractivity contribution in [1.82, 2.24) is 5.32 Å². The fraction of sp³-hybridized carbons (Fsp3) is 0.917. The zero-order valence-electron chi connectivity index (χ0n) is 10.2. The zero-order chi connectivity index (χ0) is 11.8. The van der Waals surface area contributed by atoms with Gasteiger partial charge in [0.15, 0.2) is 0 Å². The van der Waals surface area contributed by atoms with Crippen molar-refractivity contribution in [1.29, 1.82) is 0 Å². The number of carbonyl (C=O) groups is 1. The lowest BCUT2D eigenvalue weighted by molar-refractivity contribution is -0.124. The third-order valence-corrected chi connectivity index (χ3v) is 3.09. The van der Waals surface area contributed by atoms with Gasteiger partial charge in [0.05, 0.1) is 6.10 Å². The standard InChI is InChI=1S/C12H24N2O2/c1-10(5-7-13)12(15)14-8-6-11-4-2-3-9-16-11/h10-11H,2-9,13H2,1H3,(H,14,15). The van der Waals surface area contributed by atoms with Crippen molar-refractivity contribution in [2.24, 2.45) is 11.7 Å². The SMILES string of the molecule is CC(CCN)C(=O)NCCC1CCCCO1. The van der Waals surface area contributed by atoms with E-state index >= 15 is 0 Å². The van der Waals surface area contributed by atoms with Crippen LogP contribution in [0.15, 0.2) is 0 Å². The second-order valence-corrected chi connectivity index (χ2v) is 4.55. The van der Waals surface area contributed by atoms with Gasteiger partial charge in [-0.2, -0.15) is 0 Å². The Hall–Kier alpha value is -0.610. The Bertz CT molecular complexity index is 203. The first-order valence-corrected chi connectivity index (χ1v) is 6.33. The van der Waals surface area contributed by atoms with Crippen LogP contribution in [0.5, 0.6) is 0 Å². The van der Waals surface area contributed by atoms with Gasteiger partial charge in [0.1, 0.15) is 0 Å². The van der Waals surface area contributed by atoms with E-state index < -0.39 is 0 Å². The number of hydrogen-bond acceptors (Lipinski definition) is 3. The molecule has 3 N–H and O–H groups in total. The molecule has 1 fully saturated rings. The van der Waals surface area contributed by atoms with Crippen LogP contribution in [0.2, 0.25) is 0 Å². The third kappa shape index (κ3) is 4.94. The minimum atomic E-state index is 0.0253. The quantitative estimate of drug-likeness (QED) is 0.714. The van der Waals surface area contributed by atoms with Gasteiger partial charge in [-0.05, 0) is 38.6 Å². The van der Waals surface area contributed by atoms with Gasteiger partial charge in [-0.25, -0.2) is 0 Å². The highest BCUT2D eigenvalue weighted by atomic mass is 16.5. The molecule has 1 rings (SSSR count). The van der Waals surface area contributed by atoms with E-state index in [1.807, 2.05) is 6.92 Å². The maximum atomic E-state index is 11.6. The molecule has 0 spiro atoms. The van der Waals surface area contributed by atoms with E-state index in [9.17, 15) is 4.79 Å². The van der Waals surface area contributed by atoms with Gasteiger partial charge in [-0.3, -0.25) is 4.79 Å². The monoisotopic (exact) mass is 228 g/mol. The van der Waals surface area contributed by atoms with Crippen LogP contribution >= 0.6 is 0 Å². The third-order valence-electron chi connectivity index (χ3n) is 3.09. The van der Waals surface area contributed by atoms with E-state index in [0.717, 1.165) is 32.4 Å². The lowest BCUT2D eigenvalue weighted by Gasteiger charge is -2.22. The number of nitrogens with one attached hydrogen (secondary N) is 1. The number of hydrogen-bond donors (Lipinski definition) is 2. The summed E-state index contributed by atoms with van der Waals surface area (Å²) in [5.41, 5.74) is 5.41. The van der Waals surface area contributed by atoms with E-state index in [0.29, 0.717) is 12.6 Å². The lowest BCUT2D eigenvalue weighted by Crippen LogP contribution is -2.33. The molecule has 0 aromatic carbocycles. The minimum Gasteiger partial charge on any atom is -0.378 e. The van der Waals surface area contributed by atoms with E-state index in [4.69, 9.17) is 10.5 Å². The van der Waals surface area contributed by atoms with Crippen LogP contribution in [0.3, 0.4) is 0 Å². The van der Waals surface area contributed by atoms with E-state index in [1.165, 1.54) is 12.8 Å². The summed E-state index contributed by atoms with van der Waals surface area (Å²) in [6.07, 6.45) is 5.60. The number of amides is 1. The molecule has 1 heterocycles. The fourth-order valence-electron chi connectivity index (χ4n) is 1.95. The molecule has 1 amide bonds. The summed E-state index contributed by atoms with van der Waals surface area (Å²) in [6.45, 7) is 4.08. The Labute approximate surface area is 97.9 Å². The Morgan fingerprint density at radius 1 is 1.56 bits per heavy atom. The van der Waals surface area contributed by atoms with Crippen LogP contribution in [0.4, 0.5) is 0 Å². The summed E-state index contributed by atoms with van der Waals surface area (Å²) in [5.74, 6) is 0.138. The van der Waals surface area contributed by atoms with Crippen LogP contribution in [0.1, 0.15) is 39.0 Å². The van der Waals surface area contributed by atoms with Gasteiger partial charge in [0.2, 0.25) is 5.91 Å².